The first kappa shape index (κ1) is 26.9. The van der Waals surface area contributed by atoms with Gasteiger partial charge in [-0.1, -0.05) is 34.6 Å². The van der Waals surface area contributed by atoms with Crippen molar-refractivity contribution < 1.29 is 24.5 Å². The van der Waals surface area contributed by atoms with E-state index in [0.29, 0.717) is 12.3 Å². The maximum atomic E-state index is 13.0. The van der Waals surface area contributed by atoms with Crippen LogP contribution in [0.4, 0.5) is 0 Å². The number of methoxy groups -OCH3 is 1. The van der Waals surface area contributed by atoms with Crippen molar-refractivity contribution in [3.63, 3.8) is 0 Å². The van der Waals surface area contributed by atoms with Crippen molar-refractivity contribution in [2.24, 2.45) is 45.3 Å². The Balaban J connectivity index is 1.53. The lowest BCUT2D eigenvalue weighted by molar-refractivity contribution is -0.239. The summed E-state index contributed by atoms with van der Waals surface area (Å²) in [6.07, 6.45) is 8.40. The van der Waals surface area contributed by atoms with Gasteiger partial charge < -0.3 is 19.7 Å². The summed E-state index contributed by atoms with van der Waals surface area (Å²) in [6, 6.07) is 0. The molecule has 4 saturated carbocycles. The van der Waals surface area contributed by atoms with Gasteiger partial charge in [0.05, 0.1) is 24.4 Å². The highest BCUT2D eigenvalue weighted by molar-refractivity contribution is 5.81. The molecule has 0 aromatic heterocycles. The van der Waals surface area contributed by atoms with E-state index in [0.717, 1.165) is 44.9 Å². The fourth-order valence-electron chi connectivity index (χ4n) is 11.7. The summed E-state index contributed by atoms with van der Waals surface area (Å²) in [5.74, 6) is 0.514. The second kappa shape index (κ2) is 7.72. The molecule has 0 unspecified atom stereocenters. The predicted octanol–water partition coefficient (Wildman–Crippen LogP) is 5.89. The van der Waals surface area contributed by atoms with Gasteiger partial charge in [-0.05, 0) is 118 Å². The Morgan fingerprint density at radius 3 is 2.14 bits per heavy atom. The van der Waals surface area contributed by atoms with Gasteiger partial charge in [-0.3, -0.25) is 0 Å². The molecule has 1 heterocycles. The number of esters is 1. The van der Waals surface area contributed by atoms with Crippen LogP contribution < -0.4 is 0 Å². The highest BCUT2D eigenvalue weighted by atomic mass is 16.5. The highest BCUT2D eigenvalue weighted by Crippen LogP contribution is 2.78. The first-order valence-electron chi connectivity index (χ1n) is 14.6. The molecule has 206 valence electrons. The Morgan fingerprint density at radius 2 is 1.53 bits per heavy atom. The summed E-state index contributed by atoms with van der Waals surface area (Å²) in [5.41, 5.74) is -2.59. The molecule has 5 rings (SSSR count). The smallest absolute Gasteiger partial charge is 0.338 e. The number of rotatable bonds is 2. The third-order valence-electron chi connectivity index (χ3n) is 13.5. The molecule has 0 amide bonds. The molecule has 0 spiro atoms. The quantitative estimate of drug-likeness (QED) is 0.458. The summed E-state index contributed by atoms with van der Waals surface area (Å²) in [4.78, 5) is 13.0. The zero-order valence-electron chi connectivity index (χ0n) is 24.4. The van der Waals surface area contributed by atoms with Crippen molar-refractivity contribution in [3.8, 4) is 0 Å². The topological polar surface area (TPSA) is 76.0 Å². The molecule has 0 bridgehead atoms. The van der Waals surface area contributed by atoms with Crippen LogP contribution >= 0.6 is 0 Å². The van der Waals surface area contributed by atoms with E-state index >= 15 is 0 Å². The number of hydrogen-bond acceptors (Lipinski definition) is 5. The number of ether oxygens (including phenoxy) is 2. The van der Waals surface area contributed by atoms with E-state index in [1.54, 1.807) is 0 Å². The largest absolute Gasteiger partial charge is 0.467 e. The molecule has 2 N–H and O–H groups in total. The Hall–Kier alpha value is -0.650. The number of hydrogen-bond donors (Lipinski definition) is 2. The Bertz CT molecular complexity index is 928. The molecule has 10 atom stereocenters. The zero-order valence-corrected chi connectivity index (χ0v) is 24.4. The van der Waals surface area contributed by atoms with Crippen LogP contribution in [0.3, 0.4) is 0 Å². The standard InChI is InChI=1S/C31H52O5/c1-25(2)13-10-14-30(8,36-25)19-11-15-29(7)23(19)20(32)17-22-27(5)18-31(34,24(33)35-9)26(3,4)21(27)12-16-28(22,29)6/h19-23,32,34H,10-18H2,1-9H3/t19-,20+,21-,22+,23-,27-,28+,29+,30+,31-/m0/s1. The van der Waals surface area contributed by atoms with Gasteiger partial charge in [-0.2, -0.15) is 0 Å². The average Bonchev–Trinajstić information content (AvgIpc) is 3.21. The van der Waals surface area contributed by atoms with Crippen molar-refractivity contribution >= 4 is 5.97 Å². The molecule has 5 heteroatoms. The summed E-state index contributed by atoms with van der Waals surface area (Å²) in [5, 5.41) is 23.8. The van der Waals surface area contributed by atoms with Crippen LogP contribution in [-0.4, -0.2) is 46.2 Å². The zero-order chi connectivity index (χ0) is 26.7. The molecular weight excluding hydrogens is 452 g/mol. The van der Waals surface area contributed by atoms with Crippen molar-refractivity contribution in [1.82, 2.24) is 0 Å². The average molecular weight is 505 g/mol. The van der Waals surface area contributed by atoms with Crippen LogP contribution in [0.5, 0.6) is 0 Å². The second-order valence-electron chi connectivity index (χ2n) is 15.7. The Labute approximate surface area is 219 Å². The first-order chi connectivity index (χ1) is 16.4. The minimum absolute atomic E-state index is 0.00193. The number of fused-ring (bicyclic) bond motifs is 5. The molecule has 0 radical (unpaired) electrons. The van der Waals surface area contributed by atoms with Crippen LogP contribution in [0.2, 0.25) is 0 Å². The summed E-state index contributed by atoms with van der Waals surface area (Å²) < 4.78 is 12.0. The lowest BCUT2D eigenvalue weighted by Crippen LogP contribution is -2.64. The molecular formula is C31H52O5. The fraction of sp³-hybridized carbons (Fsp3) is 0.968. The Morgan fingerprint density at radius 1 is 0.889 bits per heavy atom. The van der Waals surface area contributed by atoms with E-state index in [1.807, 2.05) is 0 Å². The number of carbonyl (C=O) groups excluding carboxylic acids is 1. The lowest BCUT2D eigenvalue weighted by atomic mass is 9.38. The molecule has 36 heavy (non-hydrogen) atoms. The van der Waals surface area contributed by atoms with Gasteiger partial charge in [-0.15, -0.1) is 0 Å². The van der Waals surface area contributed by atoms with Crippen molar-refractivity contribution in [1.29, 1.82) is 0 Å². The molecule has 0 aromatic carbocycles. The summed E-state index contributed by atoms with van der Waals surface area (Å²) in [7, 11) is 1.38. The van der Waals surface area contributed by atoms with Crippen LogP contribution in [-0.2, 0) is 14.3 Å². The lowest BCUT2D eigenvalue weighted by Gasteiger charge is -2.67. The van der Waals surface area contributed by atoms with Crippen LogP contribution in [0.1, 0.15) is 113 Å². The van der Waals surface area contributed by atoms with Gasteiger partial charge in [0.2, 0.25) is 0 Å². The van der Waals surface area contributed by atoms with Gasteiger partial charge in [0, 0.05) is 5.41 Å². The monoisotopic (exact) mass is 504 g/mol. The number of carbonyl (C=O) groups is 1. The van der Waals surface area contributed by atoms with E-state index in [-0.39, 0.29) is 45.2 Å². The van der Waals surface area contributed by atoms with Crippen molar-refractivity contribution in [3.05, 3.63) is 0 Å². The van der Waals surface area contributed by atoms with E-state index in [1.165, 1.54) is 13.5 Å². The normalized spacial score (nSPS) is 55.4. The van der Waals surface area contributed by atoms with Gasteiger partial charge >= 0.3 is 5.97 Å². The third kappa shape index (κ3) is 3.14. The minimum Gasteiger partial charge on any atom is -0.467 e. The molecule has 5 nitrogen and oxygen atoms in total. The maximum Gasteiger partial charge on any atom is 0.338 e. The first-order valence-corrected chi connectivity index (χ1v) is 14.6. The predicted molar refractivity (Wildman–Crippen MR) is 140 cm³/mol. The maximum absolute atomic E-state index is 13.0. The van der Waals surface area contributed by atoms with E-state index < -0.39 is 23.1 Å². The van der Waals surface area contributed by atoms with Gasteiger partial charge in [0.25, 0.3) is 0 Å². The SMILES string of the molecule is COC(=O)[C@@]1(O)C[C@]2(C)[C@H]3C[C@@H](O)[C@@H]4[C@@H]([C@@]5(C)CCCC(C)(C)O5)CC[C@@]4(C)[C@]3(C)CC[C@H]2C1(C)C. The fourth-order valence-corrected chi connectivity index (χ4v) is 11.7. The van der Waals surface area contributed by atoms with E-state index in [2.05, 4.69) is 55.4 Å². The molecule has 4 aliphatic carbocycles. The molecule has 1 aliphatic heterocycles. The summed E-state index contributed by atoms with van der Waals surface area (Å²) in [6.45, 7) is 18.1. The number of aliphatic hydroxyl groups is 2. The van der Waals surface area contributed by atoms with E-state index in [4.69, 9.17) is 9.47 Å². The minimum atomic E-state index is -1.50. The van der Waals surface area contributed by atoms with Gasteiger partial charge in [-0.25, -0.2) is 4.79 Å². The van der Waals surface area contributed by atoms with Crippen LogP contribution in [0, 0.1) is 45.3 Å². The third-order valence-corrected chi connectivity index (χ3v) is 13.5. The van der Waals surface area contributed by atoms with Gasteiger partial charge in [0.15, 0.2) is 5.60 Å². The van der Waals surface area contributed by atoms with Crippen LogP contribution in [0.25, 0.3) is 0 Å². The van der Waals surface area contributed by atoms with E-state index in [9.17, 15) is 15.0 Å². The molecule has 5 fully saturated rings. The molecule has 1 saturated heterocycles. The van der Waals surface area contributed by atoms with Crippen molar-refractivity contribution in [2.45, 2.75) is 136 Å². The summed E-state index contributed by atoms with van der Waals surface area (Å²) >= 11 is 0. The highest BCUT2D eigenvalue weighted by Gasteiger charge is 2.76. The molecule has 0 aromatic rings. The van der Waals surface area contributed by atoms with Crippen LogP contribution in [0.15, 0.2) is 0 Å². The van der Waals surface area contributed by atoms with Crippen molar-refractivity contribution in [2.75, 3.05) is 7.11 Å². The molecule has 5 aliphatic rings. The second-order valence-corrected chi connectivity index (χ2v) is 15.7. The number of aliphatic hydroxyl groups excluding tert-OH is 1. The van der Waals surface area contributed by atoms with Gasteiger partial charge in [0.1, 0.15) is 0 Å². The Kier molecular flexibility index (Phi) is 5.78.